The summed E-state index contributed by atoms with van der Waals surface area (Å²) in [6.07, 6.45) is 1.64. The summed E-state index contributed by atoms with van der Waals surface area (Å²) in [5, 5.41) is 17.0. The zero-order chi connectivity index (χ0) is 27.9. The number of urea groups is 1. The Morgan fingerprint density at radius 1 is 1.21 bits per heavy atom. The van der Waals surface area contributed by atoms with E-state index >= 15 is 0 Å². The lowest BCUT2D eigenvalue weighted by atomic mass is 10.1. The summed E-state index contributed by atoms with van der Waals surface area (Å²) in [7, 11) is 0. The molecule has 2 aliphatic heterocycles. The van der Waals surface area contributed by atoms with Crippen LogP contribution >= 0.6 is 23.4 Å². The fraction of sp³-hybridized carbons (Fsp3) is 0.440. The number of rotatable bonds is 5. The number of nitro groups is 1. The number of aliphatic imine (C=N–C) groups is 1. The number of hydrogen-bond donors (Lipinski definition) is 1. The number of guanidine groups is 1. The van der Waals surface area contributed by atoms with Gasteiger partial charge in [0.25, 0.3) is 5.96 Å². The van der Waals surface area contributed by atoms with Gasteiger partial charge in [-0.25, -0.2) is 19.9 Å². The quantitative estimate of drug-likeness (QED) is 0.315. The summed E-state index contributed by atoms with van der Waals surface area (Å²) < 4.78 is 0. The molecule has 0 aliphatic carbocycles. The molecular formula is C25H33ClN8O3S. The van der Waals surface area contributed by atoms with Crippen molar-refractivity contribution in [1.82, 2.24) is 20.1 Å². The highest BCUT2D eigenvalue weighted by Gasteiger charge is 2.34. The van der Waals surface area contributed by atoms with Gasteiger partial charge in [0.15, 0.2) is 10.2 Å². The lowest BCUT2D eigenvalue weighted by Crippen LogP contribution is -2.53. The molecule has 0 atom stereocenters. The highest BCUT2D eigenvalue weighted by molar-refractivity contribution is 8.14. The largest absolute Gasteiger partial charge is 0.349 e. The predicted molar refractivity (Wildman–Crippen MR) is 153 cm³/mol. The van der Waals surface area contributed by atoms with Crippen LogP contribution in [0.25, 0.3) is 0 Å². The first-order valence-corrected chi connectivity index (χ1v) is 13.5. The van der Waals surface area contributed by atoms with Gasteiger partial charge >= 0.3 is 6.03 Å². The van der Waals surface area contributed by atoms with E-state index in [9.17, 15) is 14.9 Å². The maximum Gasteiger partial charge on any atom is 0.331 e. The molecule has 0 unspecified atom stereocenters. The lowest BCUT2D eigenvalue weighted by Gasteiger charge is -2.38. The Labute approximate surface area is 232 Å². The zero-order valence-electron chi connectivity index (χ0n) is 22.2. The van der Waals surface area contributed by atoms with Gasteiger partial charge < -0.3 is 10.2 Å². The Balaban J connectivity index is 0.000000215. The number of benzene rings is 1. The van der Waals surface area contributed by atoms with Crippen molar-refractivity contribution in [2.24, 2.45) is 10.1 Å². The van der Waals surface area contributed by atoms with Gasteiger partial charge in [-0.15, -0.1) is 0 Å². The van der Waals surface area contributed by atoms with Gasteiger partial charge in [0.1, 0.15) is 10.3 Å². The molecule has 38 heavy (non-hydrogen) atoms. The van der Waals surface area contributed by atoms with Crippen molar-refractivity contribution in [1.29, 1.82) is 0 Å². The molecule has 0 spiro atoms. The predicted octanol–water partition coefficient (Wildman–Crippen LogP) is 4.87. The summed E-state index contributed by atoms with van der Waals surface area (Å²) in [6.45, 7) is 12.0. The van der Waals surface area contributed by atoms with E-state index in [1.807, 2.05) is 71.0 Å². The van der Waals surface area contributed by atoms with Gasteiger partial charge in [0, 0.05) is 37.6 Å². The van der Waals surface area contributed by atoms with Gasteiger partial charge in [-0.05, 0) is 58.4 Å². The molecule has 1 aromatic carbocycles. The molecule has 2 amide bonds. The number of amides is 2. The Hall–Kier alpha value is -3.38. The van der Waals surface area contributed by atoms with E-state index in [0.717, 1.165) is 16.4 Å². The number of thioether (sulfide) groups is 1. The van der Waals surface area contributed by atoms with Crippen molar-refractivity contribution in [3.05, 3.63) is 69.5 Å². The van der Waals surface area contributed by atoms with Crippen LogP contribution in [0.1, 0.15) is 40.2 Å². The molecule has 11 nitrogen and oxygen atoms in total. The first-order valence-electron chi connectivity index (χ1n) is 12.2. The number of halogens is 1. The van der Waals surface area contributed by atoms with Crippen molar-refractivity contribution in [2.45, 2.75) is 52.7 Å². The first kappa shape index (κ1) is 29.2. The number of hydrazone groups is 1. The number of anilines is 1. The first-order chi connectivity index (χ1) is 17.9. The SMILES string of the molecule is CC(C)N1C(=O)N(c2ccccc2)CS/C1=N\C(C)(C)C.O=[N+]([O-])/N=C1\NCCN1Cc1ccc(Cl)nc1. The number of carbonyl (C=O) groups excluding carboxylic acids is 1. The Kier molecular flexibility index (Phi) is 9.92. The fourth-order valence-corrected chi connectivity index (χ4v) is 5.02. The summed E-state index contributed by atoms with van der Waals surface area (Å²) in [6, 6.07) is 13.4. The molecule has 204 valence electrons. The van der Waals surface area contributed by atoms with Crippen LogP contribution in [-0.4, -0.2) is 67.5 Å². The number of para-hydroxylation sites is 1. The molecule has 0 saturated carbocycles. The Bertz CT molecular complexity index is 1170. The monoisotopic (exact) mass is 560 g/mol. The second kappa shape index (κ2) is 12.9. The van der Waals surface area contributed by atoms with Crippen LogP contribution in [0, 0.1) is 10.1 Å². The van der Waals surface area contributed by atoms with E-state index in [1.54, 1.807) is 38.7 Å². The minimum Gasteiger partial charge on any atom is -0.349 e. The average Bonchev–Trinajstić information content (AvgIpc) is 3.26. The average molecular weight is 561 g/mol. The van der Waals surface area contributed by atoms with Crippen molar-refractivity contribution >= 4 is 46.2 Å². The van der Waals surface area contributed by atoms with Crippen LogP contribution < -0.4 is 10.2 Å². The highest BCUT2D eigenvalue weighted by Crippen LogP contribution is 2.29. The van der Waals surface area contributed by atoms with Crippen LogP contribution in [-0.2, 0) is 6.54 Å². The molecule has 2 saturated heterocycles. The van der Waals surface area contributed by atoms with Crippen molar-refractivity contribution in [3.8, 4) is 0 Å². The molecule has 0 radical (unpaired) electrons. The van der Waals surface area contributed by atoms with Gasteiger partial charge in [-0.1, -0.05) is 47.6 Å². The fourth-order valence-electron chi connectivity index (χ4n) is 3.64. The molecule has 0 bridgehead atoms. The summed E-state index contributed by atoms with van der Waals surface area (Å²) in [5.41, 5.74) is 1.66. The Morgan fingerprint density at radius 2 is 1.92 bits per heavy atom. The number of aromatic nitrogens is 1. The van der Waals surface area contributed by atoms with Crippen LogP contribution in [0.4, 0.5) is 10.5 Å². The maximum absolute atomic E-state index is 12.8. The molecular weight excluding hydrogens is 528 g/mol. The minimum atomic E-state index is -0.708. The molecule has 3 heterocycles. The summed E-state index contributed by atoms with van der Waals surface area (Å²) in [5.74, 6) is 0.881. The van der Waals surface area contributed by atoms with Crippen molar-refractivity contribution in [3.63, 3.8) is 0 Å². The number of carbonyl (C=O) groups is 1. The van der Waals surface area contributed by atoms with Crippen LogP contribution in [0.5, 0.6) is 0 Å². The van der Waals surface area contributed by atoms with E-state index in [1.165, 1.54) is 0 Å². The van der Waals surface area contributed by atoms with Crippen molar-refractivity contribution in [2.75, 3.05) is 23.9 Å². The van der Waals surface area contributed by atoms with Gasteiger partial charge in [-0.2, -0.15) is 0 Å². The van der Waals surface area contributed by atoms with E-state index in [-0.39, 0.29) is 23.6 Å². The number of nitrogens with zero attached hydrogens (tertiary/aromatic N) is 7. The topological polar surface area (TPSA) is 120 Å². The third-order valence-electron chi connectivity index (χ3n) is 5.28. The van der Waals surface area contributed by atoms with Crippen LogP contribution in [0.2, 0.25) is 5.15 Å². The molecule has 1 N–H and O–H groups in total. The Morgan fingerprint density at radius 3 is 2.50 bits per heavy atom. The van der Waals surface area contributed by atoms with E-state index in [0.29, 0.717) is 30.7 Å². The molecule has 1 aromatic heterocycles. The molecule has 2 aliphatic rings. The zero-order valence-corrected chi connectivity index (χ0v) is 23.7. The maximum atomic E-state index is 12.8. The third kappa shape index (κ3) is 8.32. The minimum absolute atomic E-state index is 0.00190. The van der Waals surface area contributed by atoms with Crippen LogP contribution in [0.3, 0.4) is 0 Å². The highest BCUT2D eigenvalue weighted by atomic mass is 35.5. The normalized spacial score (nSPS) is 18.1. The molecule has 2 aromatic rings. The second-order valence-corrected chi connectivity index (χ2v) is 11.1. The molecule has 13 heteroatoms. The molecule has 2 fully saturated rings. The summed E-state index contributed by atoms with van der Waals surface area (Å²) in [4.78, 5) is 37.2. The van der Waals surface area contributed by atoms with Gasteiger partial charge in [0.05, 0.1) is 11.4 Å². The number of pyridine rings is 1. The van der Waals surface area contributed by atoms with E-state index in [4.69, 9.17) is 16.6 Å². The van der Waals surface area contributed by atoms with Crippen LogP contribution in [0.15, 0.2) is 58.8 Å². The lowest BCUT2D eigenvalue weighted by molar-refractivity contribution is -0.485. The van der Waals surface area contributed by atoms with Crippen molar-refractivity contribution < 1.29 is 9.83 Å². The van der Waals surface area contributed by atoms with Gasteiger partial charge in [0.2, 0.25) is 0 Å². The van der Waals surface area contributed by atoms with Gasteiger partial charge in [-0.3, -0.25) is 14.8 Å². The number of nitrogens with one attached hydrogen (secondary N) is 1. The second-order valence-electron chi connectivity index (χ2n) is 9.85. The van der Waals surface area contributed by atoms with E-state index < -0.39 is 5.03 Å². The number of amidine groups is 1. The smallest absolute Gasteiger partial charge is 0.331 e. The molecule has 4 rings (SSSR count). The third-order valence-corrected chi connectivity index (χ3v) is 6.44. The summed E-state index contributed by atoms with van der Waals surface area (Å²) >= 11 is 7.29. The van der Waals surface area contributed by atoms with E-state index in [2.05, 4.69) is 15.4 Å². The standard InChI is InChI=1S/C16H23N3OS.C9H10ClN5O2/c1-12(2)19-14(17-16(3,4)5)21-11-18(15(19)20)13-9-7-6-8-10-13;10-8-2-1-7(5-12-8)6-14-4-3-11-9(14)13-15(16)17/h6-10,12H,11H2,1-5H3;1-2,5H,3-4,6H2,(H,11,13)/b17-14-;. The number of hydrogen-bond acceptors (Lipinski definition) is 6.